The summed E-state index contributed by atoms with van der Waals surface area (Å²) >= 11 is 0. The molecular formula is C24H38N4O. The van der Waals surface area contributed by atoms with E-state index in [2.05, 4.69) is 46.9 Å². The highest BCUT2D eigenvalue weighted by molar-refractivity contribution is 5.82. The van der Waals surface area contributed by atoms with Crippen molar-refractivity contribution >= 4 is 5.91 Å². The normalized spacial score (nSPS) is 30.1. The van der Waals surface area contributed by atoms with Crippen molar-refractivity contribution in [3.63, 3.8) is 0 Å². The number of hydrogen-bond acceptors (Lipinski definition) is 4. The van der Waals surface area contributed by atoms with Crippen LogP contribution in [0.3, 0.4) is 0 Å². The quantitative estimate of drug-likeness (QED) is 0.774. The fourth-order valence-corrected chi connectivity index (χ4v) is 5.67. The van der Waals surface area contributed by atoms with E-state index >= 15 is 0 Å². The summed E-state index contributed by atoms with van der Waals surface area (Å²) in [6.45, 7) is 6.52. The van der Waals surface area contributed by atoms with Gasteiger partial charge >= 0.3 is 0 Å². The lowest BCUT2D eigenvalue weighted by Gasteiger charge is -2.36. The Morgan fingerprint density at radius 2 is 1.97 bits per heavy atom. The molecule has 5 heteroatoms. The number of hydrazine groups is 1. The van der Waals surface area contributed by atoms with E-state index in [4.69, 9.17) is 0 Å². The second-order valence-corrected chi connectivity index (χ2v) is 9.53. The first-order valence-electron chi connectivity index (χ1n) is 11.6. The first kappa shape index (κ1) is 20.8. The molecule has 1 amide bonds. The van der Waals surface area contributed by atoms with Gasteiger partial charge in [0, 0.05) is 38.6 Å². The maximum Gasteiger partial charge on any atom is 0.241 e. The largest absolute Gasteiger partial charge is 0.344 e. The maximum atomic E-state index is 13.1. The van der Waals surface area contributed by atoms with Crippen LogP contribution in [0.1, 0.15) is 49.7 Å². The first-order chi connectivity index (χ1) is 14.1. The minimum Gasteiger partial charge on any atom is -0.344 e. The van der Waals surface area contributed by atoms with Crippen LogP contribution in [-0.2, 0) is 11.2 Å². The molecule has 1 aromatic rings. The third-order valence-electron chi connectivity index (χ3n) is 7.41. The van der Waals surface area contributed by atoms with Crippen molar-refractivity contribution in [3.05, 3.63) is 35.4 Å². The molecule has 0 spiro atoms. The van der Waals surface area contributed by atoms with Crippen LogP contribution >= 0.6 is 0 Å². The van der Waals surface area contributed by atoms with Crippen molar-refractivity contribution < 1.29 is 4.79 Å². The summed E-state index contributed by atoms with van der Waals surface area (Å²) in [5.74, 6) is 1.34. The molecule has 2 N–H and O–H groups in total. The lowest BCUT2D eigenvalue weighted by Crippen LogP contribution is -2.49. The zero-order chi connectivity index (χ0) is 20.2. The number of carbonyl (C=O) groups excluding carboxylic acids is 1. The average Bonchev–Trinajstić information content (AvgIpc) is 3.17. The van der Waals surface area contributed by atoms with Gasteiger partial charge in [-0.1, -0.05) is 37.1 Å². The molecule has 0 aromatic heterocycles. The first-order valence-corrected chi connectivity index (χ1v) is 11.6. The number of benzene rings is 1. The molecule has 29 heavy (non-hydrogen) atoms. The molecule has 4 rings (SSSR count). The van der Waals surface area contributed by atoms with E-state index in [0.717, 1.165) is 26.1 Å². The van der Waals surface area contributed by atoms with Gasteiger partial charge in [-0.15, -0.1) is 0 Å². The van der Waals surface area contributed by atoms with E-state index in [0.29, 0.717) is 17.9 Å². The fourth-order valence-electron chi connectivity index (χ4n) is 5.67. The van der Waals surface area contributed by atoms with E-state index in [1.54, 1.807) is 0 Å². The number of nitrogens with zero attached hydrogens (tertiary/aromatic N) is 2. The van der Waals surface area contributed by atoms with Crippen molar-refractivity contribution in [1.82, 2.24) is 20.7 Å². The zero-order valence-electron chi connectivity index (χ0n) is 18.2. The van der Waals surface area contributed by atoms with Crippen molar-refractivity contribution in [2.45, 2.75) is 64.0 Å². The minimum absolute atomic E-state index is 0.0361. The predicted molar refractivity (Wildman–Crippen MR) is 117 cm³/mol. The molecule has 2 heterocycles. The highest BCUT2D eigenvalue weighted by atomic mass is 16.2. The Bertz CT molecular complexity index is 693. The number of likely N-dealkylation sites (tertiary alicyclic amines) is 1. The molecule has 0 bridgehead atoms. The van der Waals surface area contributed by atoms with Gasteiger partial charge in [-0.25, -0.2) is 5.43 Å². The molecular weight excluding hydrogens is 360 g/mol. The van der Waals surface area contributed by atoms with Crippen molar-refractivity contribution in [2.75, 3.05) is 33.2 Å². The average molecular weight is 399 g/mol. The standard InChI is InChI=1S/C24H38N4O/c1-18-8-3-4-10-20(18)13-15-28-14-7-9-19(17-28)16-27(2)24(29)23-21-11-5-6-12-22(21)25-26-23/h3-4,8,10,19,21-23,25-26H,5-7,9,11-17H2,1-2H3. The van der Waals surface area contributed by atoms with Gasteiger partial charge in [0.05, 0.1) is 0 Å². The van der Waals surface area contributed by atoms with E-state index in [1.165, 1.54) is 56.2 Å². The summed E-state index contributed by atoms with van der Waals surface area (Å²) in [7, 11) is 2.01. The lowest BCUT2D eigenvalue weighted by molar-refractivity contribution is -0.133. The van der Waals surface area contributed by atoms with Gasteiger partial charge in [0.1, 0.15) is 6.04 Å². The Labute approximate surface area is 176 Å². The third kappa shape index (κ3) is 5.01. The van der Waals surface area contributed by atoms with Crippen LogP contribution in [0.5, 0.6) is 0 Å². The molecule has 3 aliphatic rings. The Morgan fingerprint density at radius 3 is 2.83 bits per heavy atom. The van der Waals surface area contributed by atoms with Gasteiger partial charge < -0.3 is 9.80 Å². The molecule has 4 atom stereocenters. The molecule has 160 valence electrons. The third-order valence-corrected chi connectivity index (χ3v) is 7.41. The van der Waals surface area contributed by atoms with Crippen LogP contribution in [-0.4, -0.2) is 61.0 Å². The van der Waals surface area contributed by atoms with Crippen LogP contribution in [0.25, 0.3) is 0 Å². The molecule has 1 aliphatic carbocycles. The maximum absolute atomic E-state index is 13.1. The predicted octanol–water partition coefficient (Wildman–Crippen LogP) is 2.74. The molecule has 5 nitrogen and oxygen atoms in total. The van der Waals surface area contributed by atoms with Crippen molar-refractivity contribution in [3.8, 4) is 0 Å². The van der Waals surface area contributed by atoms with Crippen molar-refractivity contribution in [2.24, 2.45) is 11.8 Å². The number of piperidine rings is 1. The smallest absolute Gasteiger partial charge is 0.241 e. The number of amides is 1. The van der Waals surface area contributed by atoms with Gasteiger partial charge in [-0.05, 0) is 62.6 Å². The van der Waals surface area contributed by atoms with E-state index in [9.17, 15) is 4.79 Å². The van der Waals surface area contributed by atoms with Crippen LogP contribution < -0.4 is 10.9 Å². The number of hydrogen-bond donors (Lipinski definition) is 2. The van der Waals surface area contributed by atoms with E-state index < -0.39 is 0 Å². The Morgan fingerprint density at radius 1 is 1.14 bits per heavy atom. The van der Waals surface area contributed by atoms with Crippen molar-refractivity contribution in [1.29, 1.82) is 0 Å². The SMILES string of the molecule is Cc1ccccc1CCN1CCCC(CN(C)C(=O)C2NNC3CCCCC32)C1. The molecule has 3 fully saturated rings. The number of likely N-dealkylation sites (N-methyl/N-ethyl adjacent to an activating group) is 1. The number of carbonyl (C=O) groups is 1. The summed E-state index contributed by atoms with van der Waals surface area (Å²) in [6, 6.07) is 9.17. The van der Waals surface area contributed by atoms with Gasteiger partial charge in [-0.3, -0.25) is 10.2 Å². The molecule has 1 aromatic carbocycles. The summed E-state index contributed by atoms with van der Waals surface area (Å²) < 4.78 is 0. The second-order valence-electron chi connectivity index (χ2n) is 9.53. The summed E-state index contributed by atoms with van der Waals surface area (Å²) in [5, 5.41) is 0. The van der Waals surface area contributed by atoms with Crippen LogP contribution in [0.2, 0.25) is 0 Å². The molecule has 2 aliphatic heterocycles. The summed E-state index contributed by atoms with van der Waals surface area (Å²) in [5.41, 5.74) is 9.56. The number of rotatable bonds is 6. The topological polar surface area (TPSA) is 47.6 Å². The zero-order valence-corrected chi connectivity index (χ0v) is 18.2. The van der Waals surface area contributed by atoms with Crippen LogP contribution in [0.15, 0.2) is 24.3 Å². The number of fused-ring (bicyclic) bond motifs is 1. The monoisotopic (exact) mass is 398 g/mol. The molecule has 1 saturated carbocycles. The number of aryl methyl sites for hydroxylation is 1. The van der Waals surface area contributed by atoms with Crippen LogP contribution in [0.4, 0.5) is 0 Å². The van der Waals surface area contributed by atoms with E-state index in [-0.39, 0.29) is 11.9 Å². The number of nitrogens with one attached hydrogen (secondary N) is 2. The van der Waals surface area contributed by atoms with Gasteiger partial charge in [-0.2, -0.15) is 0 Å². The van der Waals surface area contributed by atoms with Gasteiger partial charge in [0.15, 0.2) is 0 Å². The summed E-state index contributed by atoms with van der Waals surface area (Å²) in [6.07, 6.45) is 8.52. The van der Waals surface area contributed by atoms with Gasteiger partial charge in [0.25, 0.3) is 0 Å². The molecule has 0 radical (unpaired) electrons. The van der Waals surface area contributed by atoms with Crippen LogP contribution in [0, 0.1) is 18.8 Å². The van der Waals surface area contributed by atoms with E-state index in [1.807, 2.05) is 11.9 Å². The highest BCUT2D eigenvalue weighted by Gasteiger charge is 2.42. The molecule has 2 saturated heterocycles. The van der Waals surface area contributed by atoms with Gasteiger partial charge in [0.2, 0.25) is 5.91 Å². The Kier molecular flexibility index (Phi) is 6.88. The lowest BCUT2D eigenvalue weighted by atomic mass is 9.81. The second kappa shape index (κ2) is 9.59. The Balaban J connectivity index is 1.26. The molecule has 4 unspecified atom stereocenters. The fraction of sp³-hybridized carbons (Fsp3) is 0.708. The Hall–Kier alpha value is -1.43. The summed E-state index contributed by atoms with van der Waals surface area (Å²) in [4.78, 5) is 17.7. The highest BCUT2D eigenvalue weighted by Crippen LogP contribution is 2.31. The minimum atomic E-state index is -0.0361.